The molecule has 0 bridgehead atoms. The number of benzene rings is 4. The molecule has 0 fully saturated rings. The molecule has 0 aliphatic heterocycles. The van der Waals surface area contributed by atoms with Crippen LogP contribution in [0.4, 0.5) is 0 Å². The van der Waals surface area contributed by atoms with Gasteiger partial charge in [-0.25, -0.2) is 4.79 Å². The van der Waals surface area contributed by atoms with E-state index in [0.29, 0.717) is 18.5 Å². The number of aromatic carboxylic acids is 1. The number of nitrogens with one attached hydrogen (secondary N) is 1. The van der Waals surface area contributed by atoms with E-state index in [4.69, 9.17) is 0 Å². The second-order valence-electron chi connectivity index (χ2n) is 10.6. The maximum Gasteiger partial charge on any atom is 0.335 e. The van der Waals surface area contributed by atoms with Crippen LogP contribution in [0.3, 0.4) is 0 Å². The van der Waals surface area contributed by atoms with E-state index in [1.807, 2.05) is 12.1 Å². The summed E-state index contributed by atoms with van der Waals surface area (Å²) in [6.45, 7) is 4.25. The number of aromatic nitrogens is 1. The third-order valence-corrected chi connectivity index (χ3v) is 7.69. The SMILES string of the molecule is CC(=O)NCCc1c(CCCc2ccc(C(=O)O)cc2)c2cc(C)ccc2n1C(c1ccccc1)c1ccccc1.[Y]. The summed E-state index contributed by atoms with van der Waals surface area (Å²) >= 11 is 0. The first-order chi connectivity index (χ1) is 19.9. The third-order valence-electron chi connectivity index (χ3n) is 7.69. The van der Waals surface area contributed by atoms with Gasteiger partial charge in [-0.05, 0) is 72.7 Å². The van der Waals surface area contributed by atoms with Crippen molar-refractivity contribution in [2.45, 2.75) is 45.6 Å². The quantitative estimate of drug-likeness (QED) is 0.163. The molecule has 1 aromatic heterocycles. The summed E-state index contributed by atoms with van der Waals surface area (Å²) in [5, 5.41) is 13.5. The standard InChI is InChI=1S/C36H36N2O3.Y/c1-25-16-21-33-32(24-25)31(15-9-10-27-17-19-30(20-18-27)36(40)41)34(22-23-37-26(2)39)38(33)35(28-11-5-3-6-12-28)29-13-7-4-8-14-29;/h3-8,11-14,16-21,24,35H,9-10,15,22-23H2,1-2H3,(H,37,39)(H,40,41);. The van der Waals surface area contributed by atoms with E-state index in [1.54, 1.807) is 19.1 Å². The van der Waals surface area contributed by atoms with Crippen molar-refractivity contribution in [3.63, 3.8) is 0 Å². The van der Waals surface area contributed by atoms with E-state index in [2.05, 4.69) is 95.7 Å². The molecular weight excluding hydrogens is 597 g/mol. The molecule has 0 spiro atoms. The van der Waals surface area contributed by atoms with E-state index in [9.17, 15) is 14.7 Å². The Hall–Kier alpha value is -3.54. The van der Waals surface area contributed by atoms with Gasteiger partial charge in [-0.3, -0.25) is 4.79 Å². The predicted molar refractivity (Wildman–Crippen MR) is 165 cm³/mol. The van der Waals surface area contributed by atoms with Crippen molar-refractivity contribution in [2.75, 3.05) is 6.54 Å². The Labute approximate surface area is 272 Å². The van der Waals surface area contributed by atoms with Crippen molar-refractivity contribution in [2.24, 2.45) is 0 Å². The molecule has 1 heterocycles. The number of fused-ring (bicyclic) bond motifs is 1. The van der Waals surface area contributed by atoms with Crippen molar-refractivity contribution < 1.29 is 47.4 Å². The molecule has 5 rings (SSSR count). The second-order valence-corrected chi connectivity index (χ2v) is 10.6. The number of carbonyl (C=O) groups excluding carboxylic acids is 1. The monoisotopic (exact) mass is 633 g/mol. The Balaban J connectivity index is 0.00000405. The number of hydrogen-bond acceptors (Lipinski definition) is 2. The Bertz CT molecular complexity index is 1610. The molecule has 0 aliphatic carbocycles. The van der Waals surface area contributed by atoms with Crippen LogP contribution in [0.2, 0.25) is 0 Å². The van der Waals surface area contributed by atoms with Gasteiger partial charge in [0, 0.05) is 69.2 Å². The molecule has 5 aromatic rings. The van der Waals surface area contributed by atoms with Gasteiger partial charge in [0.25, 0.3) is 0 Å². The maximum absolute atomic E-state index is 11.8. The number of rotatable bonds is 11. The molecule has 0 saturated heterocycles. The maximum atomic E-state index is 11.8. The fourth-order valence-corrected chi connectivity index (χ4v) is 5.79. The molecule has 1 amide bonds. The number of hydrogen-bond donors (Lipinski definition) is 2. The van der Waals surface area contributed by atoms with E-state index < -0.39 is 5.97 Å². The van der Waals surface area contributed by atoms with E-state index >= 15 is 0 Å². The van der Waals surface area contributed by atoms with Gasteiger partial charge in [0.2, 0.25) is 5.91 Å². The van der Waals surface area contributed by atoms with Crippen LogP contribution in [0, 0.1) is 6.92 Å². The largest absolute Gasteiger partial charge is 0.478 e. The zero-order chi connectivity index (χ0) is 28.8. The van der Waals surface area contributed by atoms with E-state index in [1.165, 1.54) is 38.9 Å². The Morgan fingerprint density at radius 2 is 1.43 bits per heavy atom. The minimum absolute atomic E-state index is 0. The topological polar surface area (TPSA) is 71.3 Å². The first kappa shape index (κ1) is 31.4. The number of amides is 1. The average molecular weight is 634 g/mol. The zero-order valence-corrected chi connectivity index (χ0v) is 27.1. The summed E-state index contributed by atoms with van der Waals surface area (Å²) in [6, 6.07) is 35.1. The van der Waals surface area contributed by atoms with Crippen molar-refractivity contribution in [3.8, 4) is 0 Å². The van der Waals surface area contributed by atoms with Crippen LogP contribution >= 0.6 is 0 Å². The number of nitrogens with zero attached hydrogens (tertiary/aromatic N) is 1. The smallest absolute Gasteiger partial charge is 0.335 e. The van der Waals surface area contributed by atoms with Crippen LogP contribution in [0.1, 0.15) is 63.3 Å². The van der Waals surface area contributed by atoms with E-state index in [-0.39, 0.29) is 44.7 Å². The van der Waals surface area contributed by atoms with Gasteiger partial charge < -0.3 is 15.0 Å². The van der Waals surface area contributed by atoms with Gasteiger partial charge in [-0.15, -0.1) is 0 Å². The summed E-state index contributed by atoms with van der Waals surface area (Å²) in [5.41, 5.74) is 8.80. The van der Waals surface area contributed by atoms with Crippen molar-refractivity contribution >= 4 is 22.8 Å². The summed E-state index contributed by atoms with van der Waals surface area (Å²) in [5.74, 6) is -0.938. The number of carboxylic acids is 1. The number of carbonyl (C=O) groups is 2. The molecule has 0 unspecified atom stereocenters. The summed E-state index contributed by atoms with van der Waals surface area (Å²) in [6.07, 6.45) is 3.36. The molecule has 211 valence electrons. The molecule has 6 heteroatoms. The van der Waals surface area contributed by atoms with Crippen LogP contribution in [0.25, 0.3) is 10.9 Å². The van der Waals surface area contributed by atoms with Gasteiger partial charge in [0.05, 0.1) is 11.6 Å². The number of aryl methyl sites for hydroxylation is 3. The van der Waals surface area contributed by atoms with Crippen molar-refractivity contribution in [1.82, 2.24) is 9.88 Å². The summed E-state index contributed by atoms with van der Waals surface area (Å²) in [7, 11) is 0. The zero-order valence-electron chi connectivity index (χ0n) is 24.2. The van der Waals surface area contributed by atoms with Crippen LogP contribution in [-0.2, 0) is 56.8 Å². The predicted octanol–water partition coefficient (Wildman–Crippen LogP) is 7.14. The molecule has 0 saturated carbocycles. The second kappa shape index (κ2) is 14.6. The first-order valence-corrected chi connectivity index (χ1v) is 14.2. The normalized spacial score (nSPS) is 10.9. The average Bonchev–Trinajstić information content (AvgIpc) is 3.26. The van der Waals surface area contributed by atoms with Gasteiger partial charge >= 0.3 is 5.97 Å². The molecule has 0 atom stereocenters. The summed E-state index contributed by atoms with van der Waals surface area (Å²) < 4.78 is 2.48. The fourth-order valence-electron chi connectivity index (χ4n) is 5.79. The Morgan fingerprint density at radius 3 is 2.00 bits per heavy atom. The Morgan fingerprint density at radius 1 is 0.810 bits per heavy atom. The van der Waals surface area contributed by atoms with Crippen molar-refractivity contribution in [1.29, 1.82) is 0 Å². The minimum Gasteiger partial charge on any atom is -0.478 e. The molecule has 4 aromatic carbocycles. The van der Waals surface area contributed by atoms with E-state index in [0.717, 1.165) is 24.8 Å². The molecule has 2 N–H and O–H groups in total. The third kappa shape index (κ3) is 7.26. The summed E-state index contributed by atoms with van der Waals surface area (Å²) in [4.78, 5) is 23.1. The molecule has 0 aliphatic rings. The van der Waals surface area contributed by atoms with Crippen LogP contribution in [0.5, 0.6) is 0 Å². The number of carboxylic acid groups (broad SMARTS) is 1. The van der Waals surface area contributed by atoms with Gasteiger partial charge in [0.1, 0.15) is 0 Å². The van der Waals surface area contributed by atoms with Crippen molar-refractivity contribution in [3.05, 3.63) is 142 Å². The molecular formula is C36H36N2O3Y. The first-order valence-electron chi connectivity index (χ1n) is 14.2. The minimum atomic E-state index is -0.907. The fraction of sp³-hybridized carbons (Fsp3) is 0.222. The molecule has 1 radical (unpaired) electrons. The van der Waals surface area contributed by atoms with Gasteiger partial charge in [-0.1, -0.05) is 84.4 Å². The Kier molecular flexibility index (Phi) is 10.9. The van der Waals surface area contributed by atoms with Crippen LogP contribution in [-0.4, -0.2) is 28.1 Å². The van der Waals surface area contributed by atoms with Crippen LogP contribution in [0.15, 0.2) is 103 Å². The van der Waals surface area contributed by atoms with Crippen LogP contribution < -0.4 is 5.32 Å². The van der Waals surface area contributed by atoms with Gasteiger partial charge in [0.15, 0.2) is 0 Å². The molecule has 42 heavy (non-hydrogen) atoms. The van der Waals surface area contributed by atoms with Gasteiger partial charge in [-0.2, -0.15) is 0 Å². The molecule has 5 nitrogen and oxygen atoms in total.